The molecule has 0 amide bonds. The van der Waals surface area contributed by atoms with Crippen molar-refractivity contribution < 1.29 is 28.6 Å². The van der Waals surface area contributed by atoms with E-state index in [1.807, 2.05) is 0 Å². The third-order valence-corrected chi connectivity index (χ3v) is 13.2. The Morgan fingerprint density at radius 3 is 0.859 bits per heavy atom. The summed E-state index contributed by atoms with van der Waals surface area (Å²) in [5.74, 6) is -0.915. The zero-order valence-electron chi connectivity index (χ0n) is 47.0. The second kappa shape index (κ2) is 59.4. The van der Waals surface area contributed by atoms with Gasteiger partial charge in [0.05, 0.1) is 0 Å². The van der Waals surface area contributed by atoms with Crippen LogP contribution in [0.5, 0.6) is 0 Å². The molecule has 0 spiro atoms. The number of esters is 3. The van der Waals surface area contributed by atoms with Gasteiger partial charge in [0.25, 0.3) is 0 Å². The Hall–Kier alpha value is -3.15. The third-order valence-electron chi connectivity index (χ3n) is 13.2. The lowest BCUT2D eigenvalue weighted by atomic mass is 10.0. The molecule has 0 aliphatic heterocycles. The molecule has 0 aliphatic rings. The van der Waals surface area contributed by atoms with Crippen LogP contribution in [0, 0.1) is 0 Å². The Morgan fingerprint density at radius 2 is 0.549 bits per heavy atom. The van der Waals surface area contributed by atoms with Gasteiger partial charge in [-0.25, -0.2) is 0 Å². The van der Waals surface area contributed by atoms with Crippen molar-refractivity contribution in [3.05, 3.63) is 72.9 Å². The quantitative estimate of drug-likeness (QED) is 0.0261. The van der Waals surface area contributed by atoms with Crippen molar-refractivity contribution in [3.63, 3.8) is 0 Å². The highest BCUT2D eigenvalue weighted by Gasteiger charge is 2.19. The second-order valence-electron chi connectivity index (χ2n) is 20.2. The van der Waals surface area contributed by atoms with Crippen LogP contribution in [0.1, 0.15) is 303 Å². The van der Waals surface area contributed by atoms with Crippen molar-refractivity contribution in [2.45, 2.75) is 309 Å². The van der Waals surface area contributed by atoms with Gasteiger partial charge >= 0.3 is 17.9 Å². The van der Waals surface area contributed by atoms with Crippen molar-refractivity contribution in [1.82, 2.24) is 0 Å². The summed E-state index contributed by atoms with van der Waals surface area (Å²) in [6, 6.07) is 0. The number of hydrogen-bond donors (Lipinski definition) is 0. The number of hydrogen-bond acceptors (Lipinski definition) is 6. The van der Waals surface area contributed by atoms with Crippen LogP contribution >= 0.6 is 0 Å². The fourth-order valence-corrected chi connectivity index (χ4v) is 8.68. The number of ether oxygens (including phenoxy) is 3. The molecule has 0 aromatic heterocycles. The van der Waals surface area contributed by atoms with Crippen molar-refractivity contribution >= 4 is 17.9 Å². The van der Waals surface area contributed by atoms with Gasteiger partial charge in [-0.1, -0.05) is 286 Å². The molecule has 0 saturated heterocycles. The topological polar surface area (TPSA) is 78.9 Å². The summed E-state index contributed by atoms with van der Waals surface area (Å²) in [4.78, 5) is 38.2. The van der Waals surface area contributed by atoms with Crippen LogP contribution in [0.2, 0.25) is 0 Å². The van der Waals surface area contributed by atoms with E-state index >= 15 is 0 Å². The van der Waals surface area contributed by atoms with Crippen molar-refractivity contribution in [1.29, 1.82) is 0 Å². The Bertz CT molecular complexity index is 1320. The predicted molar refractivity (Wildman–Crippen MR) is 307 cm³/mol. The minimum atomic E-state index is -0.791. The molecule has 0 heterocycles. The first-order chi connectivity index (χ1) is 35.0. The molecule has 0 bridgehead atoms. The maximum absolute atomic E-state index is 12.9. The van der Waals surface area contributed by atoms with Crippen LogP contribution in [0.25, 0.3) is 0 Å². The van der Waals surface area contributed by atoms with Gasteiger partial charge < -0.3 is 14.2 Å². The molecule has 6 nitrogen and oxygen atoms in total. The molecule has 0 aliphatic carbocycles. The molecule has 71 heavy (non-hydrogen) atoms. The third kappa shape index (κ3) is 57.6. The van der Waals surface area contributed by atoms with Gasteiger partial charge in [0.15, 0.2) is 6.10 Å². The van der Waals surface area contributed by atoms with E-state index in [2.05, 4.69) is 93.7 Å². The zero-order valence-corrected chi connectivity index (χ0v) is 47.0. The Balaban J connectivity index is 4.40. The molecule has 6 heteroatoms. The van der Waals surface area contributed by atoms with Crippen molar-refractivity contribution in [2.75, 3.05) is 13.2 Å². The van der Waals surface area contributed by atoms with Gasteiger partial charge in [-0.05, 0) is 70.6 Å². The molecule has 410 valence electrons. The lowest BCUT2D eigenvalue weighted by Gasteiger charge is -2.18. The number of carbonyl (C=O) groups excluding carboxylic acids is 3. The maximum atomic E-state index is 12.9. The molecule has 0 saturated carbocycles. The van der Waals surface area contributed by atoms with Gasteiger partial charge in [-0.2, -0.15) is 0 Å². The summed E-state index contributed by atoms with van der Waals surface area (Å²) in [6.07, 6.45) is 76.1. The molecule has 0 fully saturated rings. The molecule has 1 atom stereocenters. The lowest BCUT2D eigenvalue weighted by Crippen LogP contribution is -2.30. The Kier molecular flexibility index (Phi) is 56.8. The average molecular weight is 992 g/mol. The molecule has 0 aromatic rings. The summed E-state index contributed by atoms with van der Waals surface area (Å²) < 4.78 is 16.9. The van der Waals surface area contributed by atoms with Gasteiger partial charge in [0.1, 0.15) is 13.2 Å². The Morgan fingerprint density at radius 1 is 0.296 bits per heavy atom. The summed E-state index contributed by atoms with van der Waals surface area (Å²) in [5, 5.41) is 0. The first-order valence-corrected chi connectivity index (χ1v) is 30.4. The highest BCUT2D eigenvalue weighted by atomic mass is 16.6. The molecular weight excluding hydrogens is 877 g/mol. The molecule has 0 rings (SSSR count). The van der Waals surface area contributed by atoms with Gasteiger partial charge in [0, 0.05) is 19.3 Å². The second-order valence-corrected chi connectivity index (χ2v) is 20.2. The van der Waals surface area contributed by atoms with Crippen LogP contribution in [0.3, 0.4) is 0 Å². The van der Waals surface area contributed by atoms with E-state index in [0.29, 0.717) is 19.3 Å². The van der Waals surface area contributed by atoms with Gasteiger partial charge in [0.2, 0.25) is 0 Å². The lowest BCUT2D eigenvalue weighted by molar-refractivity contribution is -0.167. The van der Waals surface area contributed by atoms with Crippen LogP contribution in [0.4, 0.5) is 0 Å². The summed E-state index contributed by atoms with van der Waals surface area (Å²) in [5.41, 5.74) is 0. The van der Waals surface area contributed by atoms with Crippen LogP contribution < -0.4 is 0 Å². The van der Waals surface area contributed by atoms with E-state index in [4.69, 9.17) is 14.2 Å². The highest BCUT2D eigenvalue weighted by molar-refractivity contribution is 5.71. The van der Waals surface area contributed by atoms with E-state index in [1.54, 1.807) is 0 Å². The van der Waals surface area contributed by atoms with E-state index < -0.39 is 6.10 Å². The average Bonchev–Trinajstić information content (AvgIpc) is 3.37. The number of carbonyl (C=O) groups is 3. The monoisotopic (exact) mass is 991 g/mol. The van der Waals surface area contributed by atoms with Crippen molar-refractivity contribution in [3.8, 4) is 0 Å². The molecule has 0 N–H and O–H groups in total. The van der Waals surface area contributed by atoms with E-state index in [9.17, 15) is 14.4 Å². The smallest absolute Gasteiger partial charge is 0.306 e. The number of unbranched alkanes of at least 4 members (excludes halogenated alkanes) is 32. The first-order valence-electron chi connectivity index (χ1n) is 30.4. The van der Waals surface area contributed by atoms with Crippen LogP contribution in [0.15, 0.2) is 72.9 Å². The fraction of sp³-hybridized carbons (Fsp3) is 0.769. The minimum absolute atomic E-state index is 0.0851. The number of allylic oxidation sites excluding steroid dienone is 12. The largest absolute Gasteiger partial charge is 0.462 e. The van der Waals surface area contributed by atoms with E-state index in [1.165, 1.54) is 167 Å². The van der Waals surface area contributed by atoms with Crippen LogP contribution in [-0.2, 0) is 28.6 Å². The molecule has 0 aromatic carbocycles. The predicted octanol–water partition coefficient (Wildman–Crippen LogP) is 20.5. The van der Waals surface area contributed by atoms with E-state index in [-0.39, 0.29) is 31.1 Å². The standard InChI is InChI=1S/C65H114O6/c1-4-7-10-13-16-19-22-25-27-29-31-32-34-35-37-40-43-46-49-52-55-58-64(67)70-61-62(60-69-63(66)57-54-51-48-45-42-39-24-21-18-15-12-9-6-3)71-65(68)59-56-53-50-47-44-41-38-36-33-30-28-26-23-20-17-14-11-8-5-2/h7,10,16,19,25,27,31-32,35,37,43,46,62H,4-6,8-9,11-15,17-18,20-24,26,28-30,33-34,36,38-42,44-45,47-61H2,1-3H3/b10-7-,19-16-,27-25-,32-31-,37-35-,46-43-. The minimum Gasteiger partial charge on any atom is -0.462 e. The fourth-order valence-electron chi connectivity index (χ4n) is 8.68. The maximum Gasteiger partial charge on any atom is 0.306 e. The molecule has 0 radical (unpaired) electrons. The van der Waals surface area contributed by atoms with Gasteiger partial charge in [-0.15, -0.1) is 0 Å². The molecule has 1 unspecified atom stereocenters. The van der Waals surface area contributed by atoms with Crippen molar-refractivity contribution in [2.24, 2.45) is 0 Å². The Labute approximate surface area is 440 Å². The molecular formula is C65H114O6. The zero-order chi connectivity index (χ0) is 51.4. The van der Waals surface area contributed by atoms with E-state index in [0.717, 1.165) is 96.3 Å². The summed E-state index contributed by atoms with van der Waals surface area (Å²) in [7, 11) is 0. The SMILES string of the molecule is CC/C=C\C/C=C\C/C=C\C/C=C\C/C=C\C/C=C\CCCCC(=O)OCC(COC(=O)CCCCCCCCCCCCCCC)OC(=O)CCCCCCCCCCCCCCCCCCCCC. The summed E-state index contributed by atoms with van der Waals surface area (Å²) in [6.45, 7) is 6.53. The van der Waals surface area contributed by atoms with Crippen LogP contribution in [-0.4, -0.2) is 37.2 Å². The summed E-state index contributed by atoms with van der Waals surface area (Å²) >= 11 is 0. The number of rotatable bonds is 55. The van der Waals surface area contributed by atoms with Gasteiger partial charge in [-0.3, -0.25) is 14.4 Å². The highest BCUT2D eigenvalue weighted by Crippen LogP contribution is 2.17. The normalized spacial score (nSPS) is 12.5. The first kappa shape index (κ1) is 67.8.